The van der Waals surface area contributed by atoms with E-state index in [0.29, 0.717) is 62.0 Å². The molecule has 0 radical (unpaired) electrons. The monoisotopic (exact) mass is 480 g/mol. The van der Waals surface area contributed by atoms with Crippen LogP contribution in [0, 0.1) is 0 Å². The fourth-order valence-electron chi connectivity index (χ4n) is 4.46. The molecule has 186 valence electrons. The predicted molar refractivity (Wildman–Crippen MR) is 132 cm³/mol. The van der Waals surface area contributed by atoms with Crippen molar-refractivity contribution in [2.45, 2.75) is 25.9 Å². The molecule has 0 spiro atoms. The molecule has 0 atom stereocenters. The average Bonchev–Trinajstić information content (AvgIpc) is 2.90. The normalized spacial score (nSPS) is 16.7. The number of rotatable bonds is 8. The molecule has 35 heavy (non-hydrogen) atoms. The van der Waals surface area contributed by atoms with E-state index in [-0.39, 0.29) is 11.8 Å². The summed E-state index contributed by atoms with van der Waals surface area (Å²) in [4.78, 5) is 29.6. The molecule has 2 aromatic rings. The fourth-order valence-corrected chi connectivity index (χ4v) is 4.46. The SMILES string of the molecule is COc1ccc(CN2CCN(C(=O)C3=NN(Cc4ccccc4)C(=O)CC3)CC2)c(OC)c1OC. The topological polar surface area (TPSA) is 83.9 Å². The lowest BCUT2D eigenvalue weighted by Crippen LogP contribution is -2.51. The molecule has 1 fully saturated rings. The fraction of sp³-hybridized carbons (Fsp3) is 0.423. The number of benzene rings is 2. The number of hydrogen-bond acceptors (Lipinski definition) is 7. The summed E-state index contributed by atoms with van der Waals surface area (Å²) in [6.07, 6.45) is 0.683. The molecule has 0 saturated carbocycles. The number of nitrogens with zero attached hydrogens (tertiary/aromatic N) is 4. The second-order valence-corrected chi connectivity index (χ2v) is 8.55. The van der Waals surface area contributed by atoms with Gasteiger partial charge in [0.25, 0.3) is 5.91 Å². The molecular formula is C26H32N4O5. The second kappa shape index (κ2) is 11.2. The van der Waals surface area contributed by atoms with Crippen LogP contribution in [0.15, 0.2) is 47.6 Å². The number of amides is 2. The Balaban J connectivity index is 1.37. The Labute approximate surface area is 205 Å². The van der Waals surface area contributed by atoms with Gasteiger partial charge < -0.3 is 19.1 Å². The second-order valence-electron chi connectivity index (χ2n) is 8.55. The molecule has 2 aliphatic rings. The standard InChI is InChI=1S/C26H32N4O5/c1-33-22-11-9-20(24(34-2)25(22)35-3)18-28-13-15-29(16-14-28)26(32)21-10-12-23(31)30(27-21)17-19-7-5-4-6-8-19/h4-9,11H,10,12-18H2,1-3H3. The Hall–Kier alpha value is -3.59. The number of ether oxygens (including phenoxy) is 3. The van der Waals surface area contributed by atoms with Gasteiger partial charge in [0, 0.05) is 51.1 Å². The van der Waals surface area contributed by atoms with Crippen molar-refractivity contribution in [2.75, 3.05) is 47.5 Å². The Morgan fingerprint density at radius 1 is 0.857 bits per heavy atom. The van der Waals surface area contributed by atoms with Crippen molar-refractivity contribution in [3.05, 3.63) is 53.6 Å². The van der Waals surface area contributed by atoms with Crippen molar-refractivity contribution in [2.24, 2.45) is 5.10 Å². The van der Waals surface area contributed by atoms with E-state index in [0.717, 1.165) is 24.2 Å². The zero-order chi connectivity index (χ0) is 24.8. The third-order valence-electron chi connectivity index (χ3n) is 6.37. The summed E-state index contributed by atoms with van der Waals surface area (Å²) in [5, 5.41) is 5.85. The summed E-state index contributed by atoms with van der Waals surface area (Å²) in [5.41, 5.74) is 2.43. The van der Waals surface area contributed by atoms with Gasteiger partial charge in [-0.15, -0.1) is 0 Å². The number of carbonyl (C=O) groups is 2. The first-order valence-corrected chi connectivity index (χ1v) is 11.7. The molecule has 9 heteroatoms. The third kappa shape index (κ3) is 5.57. The molecule has 0 N–H and O–H groups in total. The highest BCUT2D eigenvalue weighted by atomic mass is 16.5. The maximum absolute atomic E-state index is 13.2. The summed E-state index contributed by atoms with van der Waals surface area (Å²) < 4.78 is 16.5. The molecule has 2 amide bonds. The number of hydrogen-bond donors (Lipinski definition) is 0. The summed E-state index contributed by atoms with van der Waals surface area (Å²) in [6.45, 7) is 3.69. The van der Waals surface area contributed by atoms with E-state index in [9.17, 15) is 9.59 Å². The molecule has 1 saturated heterocycles. The molecule has 2 aliphatic heterocycles. The highest BCUT2D eigenvalue weighted by Crippen LogP contribution is 2.40. The van der Waals surface area contributed by atoms with E-state index in [1.807, 2.05) is 47.4 Å². The third-order valence-corrected chi connectivity index (χ3v) is 6.37. The highest BCUT2D eigenvalue weighted by molar-refractivity contribution is 6.39. The molecule has 0 aromatic heterocycles. The van der Waals surface area contributed by atoms with E-state index >= 15 is 0 Å². The summed E-state index contributed by atoms with van der Waals surface area (Å²) in [5.74, 6) is 1.71. The van der Waals surface area contributed by atoms with E-state index in [1.165, 1.54) is 5.01 Å². The zero-order valence-corrected chi connectivity index (χ0v) is 20.5. The first-order chi connectivity index (χ1) is 17.0. The molecule has 0 aliphatic carbocycles. The van der Waals surface area contributed by atoms with Crippen LogP contribution < -0.4 is 14.2 Å². The van der Waals surface area contributed by atoms with Crippen molar-refractivity contribution >= 4 is 17.5 Å². The van der Waals surface area contributed by atoms with Crippen LogP contribution in [0.5, 0.6) is 17.2 Å². The van der Waals surface area contributed by atoms with Gasteiger partial charge in [-0.3, -0.25) is 14.5 Å². The van der Waals surface area contributed by atoms with Gasteiger partial charge in [0.1, 0.15) is 5.71 Å². The van der Waals surface area contributed by atoms with Crippen molar-refractivity contribution in [3.8, 4) is 17.2 Å². The van der Waals surface area contributed by atoms with Crippen LogP contribution in [0.25, 0.3) is 0 Å². The Kier molecular flexibility index (Phi) is 7.87. The van der Waals surface area contributed by atoms with Gasteiger partial charge in [0.2, 0.25) is 11.7 Å². The highest BCUT2D eigenvalue weighted by Gasteiger charge is 2.30. The Morgan fingerprint density at radius 2 is 1.57 bits per heavy atom. The van der Waals surface area contributed by atoms with Gasteiger partial charge in [-0.05, 0) is 11.6 Å². The van der Waals surface area contributed by atoms with Crippen molar-refractivity contribution in [1.29, 1.82) is 0 Å². The van der Waals surface area contributed by atoms with Crippen molar-refractivity contribution in [3.63, 3.8) is 0 Å². The van der Waals surface area contributed by atoms with Crippen LogP contribution in [0.1, 0.15) is 24.0 Å². The first-order valence-electron chi connectivity index (χ1n) is 11.7. The van der Waals surface area contributed by atoms with Crippen LogP contribution >= 0.6 is 0 Å². The summed E-state index contributed by atoms with van der Waals surface area (Å²) in [7, 11) is 4.81. The van der Waals surface area contributed by atoms with Gasteiger partial charge >= 0.3 is 0 Å². The van der Waals surface area contributed by atoms with Crippen molar-refractivity contribution in [1.82, 2.24) is 14.8 Å². The van der Waals surface area contributed by atoms with Gasteiger partial charge in [0.15, 0.2) is 11.5 Å². The number of piperazine rings is 1. The lowest BCUT2D eigenvalue weighted by Gasteiger charge is -2.35. The van der Waals surface area contributed by atoms with E-state index in [4.69, 9.17) is 14.2 Å². The van der Waals surface area contributed by atoms with E-state index in [1.54, 1.807) is 21.3 Å². The minimum Gasteiger partial charge on any atom is -0.493 e. The Morgan fingerprint density at radius 3 is 2.23 bits per heavy atom. The maximum atomic E-state index is 13.2. The number of carbonyl (C=O) groups excluding carboxylic acids is 2. The molecule has 2 aromatic carbocycles. The predicted octanol–water partition coefficient (Wildman–Crippen LogP) is 2.54. The molecule has 0 unspecified atom stereocenters. The smallest absolute Gasteiger partial charge is 0.270 e. The minimum absolute atomic E-state index is 0.0564. The Bertz CT molecular complexity index is 1080. The van der Waals surface area contributed by atoms with E-state index < -0.39 is 0 Å². The minimum atomic E-state index is -0.0843. The molecule has 2 heterocycles. The lowest BCUT2D eigenvalue weighted by atomic mass is 10.1. The van der Waals surface area contributed by atoms with Crippen LogP contribution in [0.3, 0.4) is 0 Å². The number of hydrazone groups is 1. The first kappa shape index (κ1) is 24.5. The van der Waals surface area contributed by atoms with Gasteiger partial charge in [-0.2, -0.15) is 5.10 Å². The van der Waals surface area contributed by atoms with Gasteiger partial charge in [-0.1, -0.05) is 36.4 Å². The van der Waals surface area contributed by atoms with Crippen LogP contribution in [0.4, 0.5) is 0 Å². The molecule has 0 bridgehead atoms. The van der Waals surface area contributed by atoms with Crippen molar-refractivity contribution < 1.29 is 23.8 Å². The molecule has 4 rings (SSSR count). The van der Waals surface area contributed by atoms with Gasteiger partial charge in [0.05, 0.1) is 27.9 Å². The maximum Gasteiger partial charge on any atom is 0.270 e. The largest absolute Gasteiger partial charge is 0.493 e. The van der Waals surface area contributed by atoms with Crippen LogP contribution in [0.2, 0.25) is 0 Å². The van der Waals surface area contributed by atoms with Crippen LogP contribution in [-0.4, -0.2) is 79.8 Å². The zero-order valence-electron chi connectivity index (χ0n) is 20.5. The average molecular weight is 481 g/mol. The summed E-state index contributed by atoms with van der Waals surface area (Å²) in [6, 6.07) is 13.5. The molecular weight excluding hydrogens is 448 g/mol. The quantitative estimate of drug-likeness (QED) is 0.578. The summed E-state index contributed by atoms with van der Waals surface area (Å²) >= 11 is 0. The number of methoxy groups -OCH3 is 3. The lowest BCUT2D eigenvalue weighted by molar-refractivity contribution is -0.132. The van der Waals surface area contributed by atoms with Gasteiger partial charge in [-0.25, -0.2) is 5.01 Å². The molecule has 9 nitrogen and oxygen atoms in total. The van der Waals surface area contributed by atoms with Crippen LogP contribution in [-0.2, 0) is 22.7 Å². The van der Waals surface area contributed by atoms with E-state index in [2.05, 4.69) is 10.0 Å².